The first kappa shape index (κ1) is 17.3. The quantitative estimate of drug-likeness (QED) is 0.858. The molecule has 1 amide bonds. The highest BCUT2D eigenvalue weighted by molar-refractivity contribution is 5.89. The number of halogens is 2. The van der Waals surface area contributed by atoms with Crippen molar-refractivity contribution in [2.24, 2.45) is 5.92 Å². The van der Waals surface area contributed by atoms with Crippen molar-refractivity contribution in [1.82, 2.24) is 5.32 Å². The summed E-state index contributed by atoms with van der Waals surface area (Å²) in [5.74, 6) is -3.14. The molecule has 1 aromatic carbocycles. The maximum Gasteiger partial charge on any atom is 0.336 e. The van der Waals surface area contributed by atoms with Crippen LogP contribution in [0.15, 0.2) is 18.2 Å². The van der Waals surface area contributed by atoms with Gasteiger partial charge in [0.1, 0.15) is 11.6 Å². The number of hydrogen-bond donors (Lipinski definition) is 1. The molecule has 1 unspecified atom stereocenters. The van der Waals surface area contributed by atoms with Crippen LogP contribution in [0.5, 0.6) is 0 Å². The lowest BCUT2D eigenvalue weighted by molar-refractivity contribution is -0.151. The molecule has 1 aliphatic heterocycles. The summed E-state index contributed by atoms with van der Waals surface area (Å²) in [6.45, 7) is 2.19. The lowest BCUT2D eigenvalue weighted by Gasteiger charge is -2.31. The molecule has 5 nitrogen and oxygen atoms in total. The van der Waals surface area contributed by atoms with Crippen LogP contribution >= 0.6 is 0 Å². The summed E-state index contributed by atoms with van der Waals surface area (Å²) < 4.78 is 37.5. The van der Waals surface area contributed by atoms with Gasteiger partial charge in [0, 0.05) is 24.7 Å². The fraction of sp³-hybridized carbons (Fsp3) is 0.500. The molecule has 1 aromatic rings. The number of hydrogen-bond acceptors (Lipinski definition) is 4. The smallest absolute Gasteiger partial charge is 0.336 e. The van der Waals surface area contributed by atoms with Gasteiger partial charge in [-0.15, -0.1) is 0 Å². The van der Waals surface area contributed by atoms with Gasteiger partial charge in [-0.25, -0.2) is 13.6 Å². The van der Waals surface area contributed by atoms with E-state index >= 15 is 0 Å². The largest absolute Gasteiger partial charge is 0.467 e. The molecule has 1 heterocycles. The molecule has 0 aromatic heterocycles. The molecule has 0 bridgehead atoms. The number of carbonyl (C=O) groups excluding carboxylic acids is 2. The second kappa shape index (κ2) is 7.04. The molecule has 7 heteroatoms. The molecule has 23 heavy (non-hydrogen) atoms. The van der Waals surface area contributed by atoms with Gasteiger partial charge in [-0.1, -0.05) is 0 Å². The number of methoxy groups -OCH3 is 1. The molecule has 0 spiro atoms. The van der Waals surface area contributed by atoms with Gasteiger partial charge in [0.05, 0.1) is 7.11 Å². The normalized spacial score (nSPS) is 18.1. The van der Waals surface area contributed by atoms with Crippen LogP contribution in [0.1, 0.15) is 25.3 Å². The van der Waals surface area contributed by atoms with Crippen LogP contribution in [0.2, 0.25) is 0 Å². The molecule has 0 radical (unpaired) electrons. The molecule has 1 fully saturated rings. The number of benzene rings is 1. The van der Waals surface area contributed by atoms with Gasteiger partial charge in [-0.2, -0.15) is 0 Å². The van der Waals surface area contributed by atoms with Gasteiger partial charge in [-0.3, -0.25) is 4.79 Å². The minimum Gasteiger partial charge on any atom is -0.467 e. The Kier molecular flexibility index (Phi) is 5.30. The Hall–Kier alpha value is -2.02. The van der Waals surface area contributed by atoms with Crippen LogP contribution in [-0.2, 0) is 24.6 Å². The molecule has 1 atom stereocenters. The summed E-state index contributed by atoms with van der Waals surface area (Å²) in [5.41, 5.74) is -2.08. The number of ether oxygens (including phenoxy) is 2. The second-order valence-electron chi connectivity index (χ2n) is 5.62. The minimum absolute atomic E-state index is 0.273. The summed E-state index contributed by atoms with van der Waals surface area (Å²) in [5, 5.41) is 2.52. The predicted octanol–water partition coefficient (Wildman–Crippen LogP) is 1.90. The van der Waals surface area contributed by atoms with Gasteiger partial charge < -0.3 is 14.8 Å². The van der Waals surface area contributed by atoms with Crippen LogP contribution in [0.4, 0.5) is 8.78 Å². The maximum atomic E-state index is 14.1. The van der Waals surface area contributed by atoms with E-state index in [2.05, 4.69) is 10.1 Å². The van der Waals surface area contributed by atoms with Crippen molar-refractivity contribution >= 4 is 11.9 Å². The highest BCUT2D eigenvalue weighted by atomic mass is 19.1. The van der Waals surface area contributed by atoms with E-state index in [4.69, 9.17) is 4.74 Å². The van der Waals surface area contributed by atoms with Gasteiger partial charge in [0.25, 0.3) is 0 Å². The van der Waals surface area contributed by atoms with E-state index in [1.54, 1.807) is 0 Å². The fourth-order valence-electron chi connectivity index (χ4n) is 2.62. The number of rotatable bonds is 4. The Labute approximate surface area is 133 Å². The molecular weight excluding hydrogens is 308 g/mol. The van der Waals surface area contributed by atoms with E-state index in [9.17, 15) is 18.4 Å². The number of amides is 1. The maximum absolute atomic E-state index is 14.1. The molecule has 1 N–H and O–H groups in total. The zero-order chi connectivity index (χ0) is 17.0. The zero-order valence-corrected chi connectivity index (χ0v) is 13.0. The number of nitrogens with one attached hydrogen (secondary N) is 1. The highest BCUT2D eigenvalue weighted by Gasteiger charge is 2.42. The van der Waals surface area contributed by atoms with E-state index in [1.165, 1.54) is 6.92 Å². The molecule has 1 aliphatic rings. The monoisotopic (exact) mass is 327 g/mol. The summed E-state index contributed by atoms with van der Waals surface area (Å²) in [6, 6.07) is 2.74. The third-order valence-corrected chi connectivity index (χ3v) is 4.03. The van der Waals surface area contributed by atoms with Crippen LogP contribution in [0.25, 0.3) is 0 Å². The highest BCUT2D eigenvalue weighted by Crippen LogP contribution is 2.27. The summed E-state index contributed by atoms with van der Waals surface area (Å²) in [4.78, 5) is 24.6. The molecule has 0 saturated carbocycles. The Balaban J connectivity index is 2.33. The second-order valence-corrected chi connectivity index (χ2v) is 5.62. The topological polar surface area (TPSA) is 64.6 Å². The molecule has 0 aliphatic carbocycles. The Morgan fingerprint density at radius 3 is 2.57 bits per heavy atom. The third-order valence-electron chi connectivity index (χ3n) is 4.03. The van der Waals surface area contributed by atoms with E-state index in [-0.39, 0.29) is 11.5 Å². The van der Waals surface area contributed by atoms with Crippen molar-refractivity contribution in [3.8, 4) is 0 Å². The van der Waals surface area contributed by atoms with E-state index in [0.29, 0.717) is 26.1 Å². The summed E-state index contributed by atoms with van der Waals surface area (Å²) in [7, 11) is 1.12. The molecule has 2 rings (SSSR count). The van der Waals surface area contributed by atoms with Crippen molar-refractivity contribution < 1.29 is 27.8 Å². The molecule has 1 saturated heterocycles. The minimum atomic E-state index is -1.81. The fourth-order valence-corrected chi connectivity index (χ4v) is 2.62. The van der Waals surface area contributed by atoms with Crippen molar-refractivity contribution in [2.75, 3.05) is 20.3 Å². The summed E-state index contributed by atoms with van der Waals surface area (Å²) in [6.07, 6.45) is 1.02. The summed E-state index contributed by atoms with van der Waals surface area (Å²) >= 11 is 0. The number of esters is 1. The number of carbonyl (C=O) groups is 2. The van der Waals surface area contributed by atoms with Gasteiger partial charge >= 0.3 is 5.97 Å². The first-order chi connectivity index (χ1) is 10.9. The van der Waals surface area contributed by atoms with Gasteiger partial charge in [0.15, 0.2) is 5.54 Å². The molecular formula is C16H19F2NO4. The zero-order valence-electron chi connectivity index (χ0n) is 13.0. The van der Waals surface area contributed by atoms with Crippen molar-refractivity contribution in [3.05, 3.63) is 35.4 Å². The first-order valence-electron chi connectivity index (χ1n) is 7.32. The van der Waals surface area contributed by atoms with E-state index < -0.39 is 29.0 Å². The van der Waals surface area contributed by atoms with Gasteiger partial charge in [0.2, 0.25) is 5.91 Å². The molecule has 126 valence electrons. The predicted molar refractivity (Wildman–Crippen MR) is 77.4 cm³/mol. The standard InChI is InChI=1S/C16H19F2NO4/c1-16(15(21)22-2,12-9-11(17)3-4-13(12)18)19-14(20)10-5-7-23-8-6-10/h3-4,9-10H,5-8H2,1-2H3,(H,19,20). The lowest BCUT2D eigenvalue weighted by atomic mass is 9.89. The van der Waals surface area contributed by atoms with Crippen LogP contribution in [0.3, 0.4) is 0 Å². The average Bonchev–Trinajstić information content (AvgIpc) is 2.56. The third kappa shape index (κ3) is 3.67. The van der Waals surface area contributed by atoms with Crippen molar-refractivity contribution in [3.63, 3.8) is 0 Å². The Bertz CT molecular complexity index is 602. The van der Waals surface area contributed by atoms with E-state index in [0.717, 1.165) is 25.3 Å². The Morgan fingerprint density at radius 1 is 1.30 bits per heavy atom. The van der Waals surface area contributed by atoms with E-state index in [1.807, 2.05) is 0 Å². The van der Waals surface area contributed by atoms with Crippen LogP contribution in [-0.4, -0.2) is 32.2 Å². The van der Waals surface area contributed by atoms with Crippen LogP contribution in [0, 0.1) is 17.6 Å². The Morgan fingerprint density at radius 2 is 1.96 bits per heavy atom. The van der Waals surface area contributed by atoms with Crippen molar-refractivity contribution in [2.45, 2.75) is 25.3 Å². The lowest BCUT2D eigenvalue weighted by Crippen LogP contribution is -2.53. The van der Waals surface area contributed by atoms with Crippen molar-refractivity contribution in [1.29, 1.82) is 0 Å². The van der Waals surface area contributed by atoms with Gasteiger partial charge in [-0.05, 0) is 38.0 Å². The SMILES string of the molecule is COC(=O)C(C)(NC(=O)C1CCOCC1)c1cc(F)ccc1F. The average molecular weight is 327 g/mol. The first-order valence-corrected chi connectivity index (χ1v) is 7.32. The van der Waals surface area contributed by atoms with Crippen LogP contribution < -0.4 is 5.32 Å².